The second kappa shape index (κ2) is 8.23. The summed E-state index contributed by atoms with van der Waals surface area (Å²) in [5.41, 5.74) is 1.32. The van der Waals surface area contributed by atoms with Crippen molar-refractivity contribution in [3.63, 3.8) is 0 Å². The smallest absolute Gasteiger partial charge is 0.254 e. The second-order valence-electron chi connectivity index (χ2n) is 7.03. The predicted octanol–water partition coefficient (Wildman–Crippen LogP) is 0.663. The maximum atomic E-state index is 13.1. The van der Waals surface area contributed by atoms with Crippen molar-refractivity contribution in [2.75, 3.05) is 25.9 Å². The van der Waals surface area contributed by atoms with Gasteiger partial charge in [-0.15, -0.1) is 0 Å². The summed E-state index contributed by atoms with van der Waals surface area (Å²) in [7, 11) is -7.22. The highest BCUT2D eigenvalue weighted by Crippen LogP contribution is 2.20. The van der Waals surface area contributed by atoms with E-state index in [1.807, 2.05) is 30.3 Å². The number of carbonyl (C=O) groups is 1. The fraction of sp³-hybridized carbons (Fsp3) is 0.316. The van der Waals surface area contributed by atoms with Gasteiger partial charge in [-0.1, -0.05) is 30.3 Å². The minimum atomic E-state index is -3.84. The minimum Gasteiger partial charge on any atom is -0.333 e. The third-order valence-electron chi connectivity index (χ3n) is 4.92. The quantitative estimate of drug-likeness (QED) is 0.737. The van der Waals surface area contributed by atoms with Gasteiger partial charge in [-0.05, 0) is 36.2 Å². The van der Waals surface area contributed by atoms with Gasteiger partial charge in [-0.2, -0.15) is 4.31 Å². The number of primary sulfonamides is 1. The summed E-state index contributed by atoms with van der Waals surface area (Å²) in [5.74, 6) is -0.278. The van der Waals surface area contributed by atoms with Gasteiger partial charge >= 0.3 is 0 Å². The zero-order chi connectivity index (χ0) is 21.2. The molecule has 0 spiro atoms. The number of piperazine rings is 1. The molecule has 0 aliphatic carbocycles. The normalized spacial score (nSPS) is 18.6. The van der Waals surface area contributed by atoms with E-state index in [-0.39, 0.29) is 36.5 Å². The number of hydrogen-bond donors (Lipinski definition) is 1. The number of amides is 1. The van der Waals surface area contributed by atoms with Crippen LogP contribution in [0, 0.1) is 0 Å². The zero-order valence-electron chi connectivity index (χ0n) is 15.9. The lowest BCUT2D eigenvalue weighted by Crippen LogP contribution is -2.57. The van der Waals surface area contributed by atoms with Gasteiger partial charge in [0.1, 0.15) is 0 Å². The number of hydrogen-bond acceptors (Lipinski definition) is 5. The Kier molecular flexibility index (Phi) is 6.08. The number of carbonyl (C=O) groups excluding carboxylic acids is 1. The van der Waals surface area contributed by atoms with E-state index in [0.29, 0.717) is 12.0 Å². The molecule has 0 aromatic heterocycles. The van der Waals surface area contributed by atoms with Crippen LogP contribution in [0.1, 0.15) is 15.9 Å². The van der Waals surface area contributed by atoms with E-state index >= 15 is 0 Å². The first-order valence-corrected chi connectivity index (χ1v) is 12.4. The standard InChI is InChI=1S/C19H23N3O5S2/c1-28(24,25)21-11-12-22(17(14-21)13-15-5-3-2-4-6-15)19(23)16-7-9-18(10-8-16)29(20,26)27/h2-10,17H,11-14H2,1H3,(H2,20,26,27)/t17-/m0/s1. The highest BCUT2D eigenvalue weighted by atomic mass is 32.2. The molecule has 1 saturated heterocycles. The van der Waals surface area contributed by atoms with Crippen molar-refractivity contribution in [1.29, 1.82) is 0 Å². The van der Waals surface area contributed by atoms with Crippen LogP contribution in [0.3, 0.4) is 0 Å². The molecule has 0 radical (unpaired) electrons. The molecule has 2 aromatic rings. The fourth-order valence-electron chi connectivity index (χ4n) is 3.41. The van der Waals surface area contributed by atoms with Crippen LogP contribution in [-0.4, -0.2) is 63.9 Å². The molecule has 1 heterocycles. The van der Waals surface area contributed by atoms with Gasteiger partial charge in [0.15, 0.2) is 0 Å². The summed E-state index contributed by atoms with van der Waals surface area (Å²) in [6.45, 7) is 0.667. The summed E-state index contributed by atoms with van der Waals surface area (Å²) in [4.78, 5) is 14.7. The molecule has 2 N–H and O–H groups in total. The van der Waals surface area contributed by atoms with E-state index in [1.54, 1.807) is 4.90 Å². The predicted molar refractivity (Wildman–Crippen MR) is 109 cm³/mol. The van der Waals surface area contributed by atoms with Crippen molar-refractivity contribution in [3.8, 4) is 0 Å². The lowest BCUT2D eigenvalue weighted by molar-refractivity contribution is 0.0565. The molecule has 156 valence electrons. The maximum absolute atomic E-state index is 13.1. The fourth-order valence-corrected chi connectivity index (χ4v) is 4.78. The van der Waals surface area contributed by atoms with Crippen LogP contribution in [0.2, 0.25) is 0 Å². The average Bonchev–Trinajstić information content (AvgIpc) is 2.67. The molecule has 1 aliphatic rings. The van der Waals surface area contributed by atoms with Crippen LogP contribution in [0.15, 0.2) is 59.5 Å². The SMILES string of the molecule is CS(=O)(=O)N1CCN(C(=O)c2ccc(S(N)(=O)=O)cc2)[C@@H](Cc2ccccc2)C1. The molecular weight excluding hydrogens is 414 g/mol. The third kappa shape index (κ3) is 5.21. The maximum Gasteiger partial charge on any atom is 0.254 e. The zero-order valence-corrected chi connectivity index (χ0v) is 17.6. The molecular formula is C19H23N3O5S2. The van der Waals surface area contributed by atoms with Gasteiger partial charge in [-0.3, -0.25) is 4.79 Å². The van der Waals surface area contributed by atoms with E-state index in [2.05, 4.69) is 0 Å². The Morgan fingerprint density at radius 2 is 1.62 bits per heavy atom. The van der Waals surface area contributed by atoms with Crippen molar-refractivity contribution >= 4 is 26.0 Å². The minimum absolute atomic E-state index is 0.0724. The van der Waals surface area contributed by atoms with Gasteiger partial charge in [-0.25, -0.2) is 22.0 Å². The topological polar surface area (TPSA) is 118 Å². The van der Waals surface area contributed by atoms with Crippen molar-refractivity contribution < 1.29 is 21.6 Å². The molecule has 1 aliphatic heterocycles. The van der Waals surface area contributed by atoms with E-state index in [0.717, 1.165) is 11.8 Å². The third-order valence-corrected chi connectivity index (χ3v) is 7.12. The van der Waals surface area contributed by atoms with E-state index in [9.17, 15) is 21.6 Å². The van der Waals surface area contributed by atoms with Crippen molar-refractivity contribution in [2.24, 2.45) is 5.14 Å². The van der Waals surface area contributed by atoms with E-state index < -0.39 is 20.0 Å². The summed E-state index contributed by atoms with van der Waals surface area (Å²) < 4.78 is 48.3. The van der Waals surface area contributed by atoms with Crippen LogP contribution < -0.4 is 5.14 Å². The molecule has 10 heteroatoms. The summed E-state index contributed by atoms with van der Waals surface area (Å²) in [6, 6.07) is 14.6. The summed E-state index contributed by atoms with van der Waals surface area (Å²) in [6.07, 6.45) is 1.67. The monoisotopic (exact) mass is 437 g/mol. The number of benzene rings is 2. The van der Waals surface area contributed by atoms with Crippen molar-refractivity contribution in [3.05, 3.63) is 65.7 Å². The van der Waals surface area contributed by atoms with Crippen molar-refractivity contribution in [2.45, 2.75) is 17.4 Å². The van der Waals surface area contributed by atoms with Gasteiger partial charge in [0, 0.05) is 31.2 Å². The van der Waals surface area contributed by atoms with Gasteiger partial charge in [0.25, 0.3) is 5.91 Å². The first-order valence-electron chi connectivity index (χ1n) is 8.98. The Morgan fingerprint density at radius 1 is 1.00 bits per heavy atom. The van der Waals surface area contributed by atoms with Gasteiger partial charge in [0.05, 0.1) is 11.2 Å². The highest BCUT2D eigenvalue weighted by Gasteiger charge is 2.34. The first kappa shape index (κ1) is 21.4. The van der Waals surface area contributed by atoms with E-state index in [1.165, 1.54) is 28.6 Å². The average molecular weight is 438 g/mol. The number of rotatable bonds is 5. The number of nitrogens with zero attached hydrogens (tertiary/aromatic N) is 2. The van der Waals surface area contributed by atoms with Gasteiger partial charge in [0.2, 0.25) is 20.0 Å². The molecule has 1 amide bonds. The Labute approximate surface area is 171 Å². The van der Waals surface area contributed by atoms with Crippen molar-refractivity contribution in [1.82, 2.24) is 9.21 Å². The lowest BCUT2D eigenvalue weighted by atomic mass is 10.0. The van der Waals surface area contributed by atoms with Crippen LogP contribution in [0.25, 0.3) is 0 Å². The van der Waals surface area contributed by atoms with Crippen LogP contribution >= 0.6 is 0 Å². The Hall–Kier alpha value is -2.27. The Balaban J connectivity index is 1.87. The highest BCUT2D eigenvalue weighted by molar-refractivity contribution is 7.89. The Morgan fingerprint density at radius 3 is 2.17 bits per heavy atom. The molecule has 3 rings (SSSR count). The molecule has 1 atom stereocenters. The lowest BCUT2D eigenvalue weighted by Gasteiger charge is -2.40. The molecule has 8 nitrogen and oxygen atoms in total. The second-order valence-corrected chi connectivity index (χ2v) is 10.6. The molecule has 2 aromatic carbocycles. The Bertz CT molecular complexity index is 1080. The first-order chi connectivity index (χ1) is 13.6. The van der Waals surface area contributed by atoms with Crippen LogP contribution in [0.4, 0.5) is 0 Å². The summed E-state index contributed by atoms with van der Waals surface area (Å²) >= 11 is 0. The van der Waals surface area contributed by atoms with Crippen LogP contribution in [0.5, 0.6) is 0 Å². The molecule has 0 saturated carbocycles. The largest absolute Gasteiger partial charge is 0.333 e. The summed E-state index contributed by atoms with van der Waals surface area (Å²) in [5, 5.41) is 5.10. The van der Waals surface area contributed by atoms with E-state index in [4.69, 9.17) is 5.14 Å². The molecule has 1 fully saturated rings. The number of sulfonamides is 2. The molecule has 29 heavy (non-hydrogen) atoms. The van der Waals surface area contributed by atoms with Crippen LogP contribution in [-0.2, 0) is 26.5 Å². The molecule has 0 bridgehead atoms. The van der Waals surface area contributed by atoms with Gasteiger partial charge < -0.3 is 4.90 Å². The molecule has 0 unspecified atom stereocenters. The number of nitrogens with two attached hydrogens (primary N) is 1.